The number of hydrogen-bond acceptors (Lipinski definition) is 4. The van der Waals surface area contributed by atoms with Gasteiger partial charge in [-0.25, -0.2) is 0 Å². The summed E-state index contributed by atoms with van der Waals surface area (Å²) in [6.45, 7) is 4.32. The van der Waals surface area contributed by atoms with Gasteiger partial charge in [-0.1, -0.05) is 31.4 Å². The molecule has 0 spiro atoms. The number of rotatable bonds is 6. The fourth-order valence-corrected chi connectivity index (χ4v) is 3.60. The molecule has 0 radical (unpaired) electrons. The van der Waals surface area contributed by atoms with Crippen LogP contribution in [0.4, 0.5) is 0 Å². The van der Waals surface area contributed by atoms with E-state index in [1.54, 1.807) is 0 Å². The molecule has 136 valence electrons. The molecule has 1 saturated carbocycles. The molecule has 1 aromatic rings. The number of β-amino-alcohol motifs (C(OH)–C–C–N with tert-alkyl or cyclic N) is 1. The molecule has 0 aromatic heterocycles. The molecule has 4 nitrogen and oxygen atoms in total. The number of morpholine rings is 1. The maximum atomic E-state index is 10.1. The highest BCUT2D eigenvalue weighted by atomic mass is 35.5. The van der Waals surface area contributed by atoms with Crippen LogP contribution in [0.5, 0.6) is 5.75 Å². The van der Waals surface area contributed by atoms with E-state index in [1.807, 2.05) is 12.1 Å². The lowest BCUT2D eigenvalue weighted by molar-refractivity contribution is 0.00465. The second-order valence-corrected chi connectivity index (χ2v) is 6.78. The molecule has 1 aromatic carbocycles. The van der Waals surface area contributed by atoms with Crippen molar-refractivity contribution in [1.82, 2.24) is 4.90 Å². The lowest BCUT2D eigenvalue weighted by atomic mass is 9.84. The molecule has 3 rings (SSSR count). The number of nitrogens with zero attached hydrogens (tertiary/aromatic N) is 1. The van der Waals surface area contributed by atoms with E-state index in [2.05, 4.69) is 17.0 Å². The Labute approximate surface area is 151 Å². The molecule has 1 aliphatic heterocycles. The molecule has 1 N–H and O–H groups in total. The molecular weight excluding hydrogens is 326 g/mol. The Hall–Kier alpha value is -0.810. The number of benzene rings is 1. The molecule has 5 heteroatoms. The second-order valence-electron chi connectivity index (χ2n) is 6.78. The normalized spacial score (nSPS) is 21.0. The summed E-state index contributed by atoms with van der Waals surface area (Å²) in [5, 5.41) is 10.1. The van der Waals surface area contributed by atoms with E-state index in [0.29, 0.717) is 13.2 Å². The summed E-state index contributed by atoms with van der Waals surface area (Å²) < 4.78 is 11.1. The summed E-state index contributed by atoms with van der Waals surface area (Å²) in [4.78, 5) is 2.23. The zero-order chi connectivity index (χ0) is 15.9. The van der Waals surface area contributed by atoms with Crippen LogP contribution in [0.25, 0.3) is 0 Å². The van der Waals surface area contributed by atoms with Crippen LogP contribution in [0.1, 0.15) is 43.6 Å². The molecule has 0 bridgehead atoms. The van der Waals surface area contributed by atoms with E-state index in [9.17, 15) is 5.11 Å². The minimum atomic E-state index is -0.453. The van der Waals surface area contributed by atoms with Crippen molar-refractivity contribution in [3.8, 4) is 5.75 Å². The van der Waals surface area contributed by atoms with Gasteiger partial charge in [-0.05, 0) is 36.5 Å². The summed E-state index contributed by atoms with van der Waals surface area (Å²) in [5.41, 5.74) is 1.44. The topological polar surface area (TPSA) is 41.9 Å². The molecule has 2 aliphatic rings. The molecule has 1 heterocycles. The number of aliphatic hydroxyl groups is 1. The quantitative estimate of drug-likeness (QED) is 0.850. The summed E-state index contributed by atoms with van der Waals surface area (Å²) >= 11 is 0. The van der Waals surface area contributed by atoms with E-state index in [1.165, 1.54) is 37.7 Å². The maximum absolute atomic E-state index is 10.1. The third kappa shape index (κ3) is 5.92. The van der Waals surface area contributed by atoms with Gasteiger partial charge < -0.3 is 14.6 Å². The minimum Gasteiger partial charge on any atom is -0.491 e. The van der Waals surface area contributed by atoms with E-state index in [-0.39, 0.29) is 12.4 Å². The third-order valence-corrected chi connectivity index (χ3v) is 4.97. The smallest absolute Gasteiger partial charge is 0.119 e. The standard InChI is InChI=1S/C19H29NO3.ClH/c21-18(14-20-10-12-22-13-11-20)15-23-19-8-6-17(7-9-19)16-4-2-1-3-5-16;/h6-9,16,18,21H,1-5,10-15H2;1H. The van der Waals surface area contributed by atoms with Crippen molar-refractivity contribution in [2.45, 2.75) is 44.1 Å². The fourth-order valence-electron chi connectivity index (χ4n) is 3.60. The molecular formula is C19H30ClNO3. The SMILES string of the molecule is Cl.OC(COc1ccc(C2CCCCC2)cc1)CN1CCOCC1. The summed E-state index contributed by atoms with van der Waals surface area (Å²) in [6.07, 6.45) is 6.29. The maximum Gasteiger partial charge on any atom is 0.119 e. The lowest BCUT2D eigenvalue weighted by Gasteiger charge is -2.28. The van der Waals surface area contributed by atoms with Crippen LogP contribution in [0, 0.1) is 0 Å². The van der Waals surface area contributed by atoms with E-state index >= 15 is 0 Å². The van der Waals surface area contributed by atoms with Gasteiger partial charge in [-0.15, -0.1) is 12.4 Å². The predicted octanol–water partition coefficient (Wildman–Crippen LogP) is 3.23. The second kappa shape index (κ2) is 10.2. The van der Waals surface area contributed by atoms with Crippen LogP contribution in [-0.2, 0) is 4.74 Å². The highest BCUT2D eigenvalue weighted by Crippen LogP contribution is 2.33. The van der Waals surface area contributed by atoms with Gasteiger partial charge in [-0.3, -0.25) is 4.90 Å². The van der Waals surface area contributed by atoms with E-state index in [4.69, 9.17) is 9.47 Å². The number of ether oxygens (including phenoxy) is 2. The Balaban J connectivity index is 0.00000208. The zero-order valence-electron chi connectivity index (χ0n) is 14.4. The first kappa shape index (κ1) is 19.5. The first-order chi connectivity index (χ1) is 11.3. The largest absolute Gasteiger partial charge is 0.491 e. The minimum absolute atomic E-state index is 0. The van der Waals surface area contributed by atoms with Crippen LogP contribution in [-0.4, -0.2) is 55.6 Å². The van der Waals surface area contributed by atoms with Crippen molar-refractivity contribution < 1.29 is 14.6 Å². The van der Waals surface area contributed by atoms with Crippen molar-refractivity contribution >= 4 is 12.4 Å². The van der Waals surface area contributed by atoms with E-state index in [0.717, 1.165) is 38.0 Å². The molecule has 1 unspecified atom stereocenters. The first-order valence-electron chi connectivity index (χ1n) is 9.02. The fraction of sp³-hybridized carbons (Fsp3) is 0.684. The van der Waals surface area contributed by atoms with Gasteiger partial charge in [0.2, 0.25) is 0 Å². The van der Waals surface area contributed by atoms with Crippen molar-refractivity contribution in [2.75, 3.05) is 39.5 Å². The average molecular weight is 356 g/mol. The van der Waals surface area contributed by atoms with Gasteiger partial charge in [0.1, 0.15) is 18.5 Å². The number of hydrogen-bond donors (Lipinski definition) is 1. The number of aliphatic hydroxyl groups excluding tert-OH is 1. The van der Waals surface area contributed by atoms with Gasteiger partial charge in [0.15, 0.2) is 0 Å². The average Bonchev–Trinajstić information content (AvgIpc) is 2.62. The third-order valence-electron chi connectivity index (χ3n) is 4.97. The van der Waals surface area contributed by atoms with Gasteiger partial charge >= 0.3 is 0 Å². The highest BCUT2D eigenvalue weighted by molar-refractivity contribution is 5.85. The van der Waals surface area contributed by atoms with Crippen molar-refractivity contribution in [3.63, 3.8) is 0 Å². The summed E-state index contributed by atoms with van der Waals surface area (Å²) in [5.74, 6) is 1.58. The van der Waals surface area contributed by atoms with Crippen LogP contribution in [0.3, 0.4) is 0 Å². The van der Waals surface area contributed by atoms with Crippen molar-refractivity contribution in [1.29, 1.82) is 0 Å². The zero-order valence-corrected chi connectivity index (χ0v) is 15.2. The van der Waals surface area contributed by atoms with Crippen LogP contribution in [0.2, 0.25) is 0 Å². The van der Waals surface area contributed by atoms with Crippen LogP contribution >= 0.6 is 12.4 Å². The van der Waals surface area contributed by atoms with Crippen LogP contribution < -0.4 is 4.74 Å². The highest BCUT2D eigenvalue weighted by Gasteiger charge is 2.17. The van der Waals surface area contributed by atoms with Gasteiger partial charge in [0, 0.05) is 19.6 Å². The molecule has 1 aliphatic carbocycles. The van der Waals surface area contributed by atoms with Gasteiger partial charge in [0.05, 0.1) is 13.2 Å². The monoisotopic (exact) mass is 355 g/mol. The molecule has 1 atom stereocenters. The van der Waals surface area contributed by atoms with Crippen LogP contribution in [0.15, 0.2) is 24.3 Å². The molecule has 0 amide bonds. The van der Waals surface area contributed by atoms with E-state index < -0.39 is 6.10 Å². The van der Waals surface area contributed by atoms with Gasteiger partial charge in [-0.2, -0.15) is 0 Å². The number of halogens is 1. The molecule has 2 fully saturated rings. The lowest BCUT2D eigenvalue weighted by Crippen LogP contribution is -2.42. The Morgan fingerprint density at radius 3 is 2.42 bits per heavy atom. The Morgan fingerprint density at radius 1 is 1.08 bits per heavy atom. The molecule has 24 heavy (non-hydrogen) atoms. The van der Waals surface area contributed by atoms with Gasteiger partial charge in [0.25, 0.3) is 0 Å². The Morgan fingerprint density at radius 2 is 1.75 bits per heavy atom. The summed E-state index contributed by atoms with van der Waals surface area (Å²) in [6, 6.07) is 8.48. The summed E-state index contributed by atoms with van der Waals surface area (Å²) in [7, 11) is 0. The molecule has 1 saturated heterocycles. The first-order valence-corrected chi connectivity index (χ1v) is 9.02. The Kier molecular flexibility index (Phi) is 8.33. The van der Waals surface area contributed by atoms with Crippen molar-refractivity contribution in [2.24, 2.45) is 0 Å². The Bertz CT molecular complexity index is 456. The predicted molar refractivity (Wildman–Crippen MR) is 98.3 cm³/mol. The van der Waals surface area contributed by atoms with Crippen molar-refractivity contribution in [3.05, 3.63) is 29.8 Å².